The summed E-state index contributed by atoms with van der Waals surface area (Å²) in [5, 5.41) is 9.59. The number of benzene rings is 9. The molecule has 55 heavy (non-hydrogen) atoms. The van der Waals surface area contributed by atoms with Gasteiger partial charge in [0.05, 0.1) is 5.69 Å². The quantitative estimate of drug-likeness (QED) is 0.167. The first-order valence-corrected chi connectivity index (χ1v) is 18.8. The minimum absolute atomic E-state index is 0.908. The molecule has 0 amide bonds. The Bertz CT molecular complexity index is 3160. The first-order chi connectivity index (χ1) is 27.3. The van der Waals surface area contributed by atoms with Gasteiger partial charge in [-0.3, -0.25) is 4.98 Å². The highest BCUT2D eigenvalue weighted by molar-refractivity contribution is 6.21. The van der Waals surface area contributed by atoms with Crippen molar-refractivity contribution in [1.82, 2.24) is 4.98 Å². The number of hydrogen-bond donors (Lipinski definition) is 0. The lowest BCUT2D eigenvalue weighted by Crippen LogP contribution is -1.92. The maximum absolute atomic E-state index is 6.25. The summed E-state index contributed by atoms with van der Waals surface area (Å²) in [5.74, 6) is 0. The van der Waals surface area contributed by atoms with Gasteiger partial charge in [0.15, 0.2) is 0 Å². The summed E-state index contributed by atoms with van der Waals surface area (Å²) in [4.78, 5) is 5.13. The topological polar surface area (TPSA) is 26.0 Å². The number of nitrogens with zero attached hydrogens (tertiary/aromatic N) is 1. The van der Waals surface area contributed by atoms with E-state index in [2.05, 4.69) is 194 Å². The molecule has 11 aromatic rings. The molecule has 0 spiro atoms. The highest BCUT2D eigenvalue weighted by atomic mass is 16.3. The van der Waals surface area contributed by atoms with Crippen LogP contribution in [-0.2, 0) is 0 Å². The van der Waals surface area contributed by atoms with Crippen LogP contribution in [0.3, 0.4) is 0 Å². The van der Waals surface area contributed by atoms with Gasteiger partial charge >= 0.3 is 0 Å². The summed E-state index contributed by atoms with van der Waals surface area (Å²) in [5.41, 5.74) is 13.4. The molecule has 0 radical (unpaired) electrons. The molecular formula is C53H33NO. The van der Waals surface area contributed by atoms with Gasteiger partial charge in [0.1, 0.15) is 11.2 Å². The van der Waals surface area contributed by atoms with Crippen LogP contribution in [0, 0.1) is 0 Å². The fourth-order valence-electron chi connectivity index (χ4n) is 8.47. The Morgan fingerprint density at radius 2 is 0.800 bits per heavy atom. The van der Waals surface area contributed by atoms with Crippen LogP contribution in [0.25, 0.3) is 110 Å². The number of hydrogen-bond acceptors (Lipinski definition) is 2. The minimum Gasteiger partial charge on any atom is -0.456 e. The smallest absolute Gasteiger partial charge is 0.136 e. The zero-order valence-electron chi connectivity index (χ0n) is 29.9. The third-order valence-electron chi connectivity index (χ3n) is 11.1. The van der Waals surface area contributed by atoms with Gasteiger partial charge in [-0.15, -0.1) is 0 Å². The lowest BCUT2D eigenvalue weighted by atomic mass is 9.87. The van der Waals surface area contributed by atoms with E-state index in [0.29, 0.717) is 0 Å². The molecule has 2 aromatic heterocycles. The molecule has 0 saturated carbocycles. The normalized spacial score (nSPS) is 11.6. The molecule has 0 aliphatic heterocycles. The highest BCUT2D eigenvalue weighted by Crippen LogP contribution is 2.44. The van der Waals surface area contributed by atoms with E-state index >= 15 is 0 Å². The largest absolute Gasteiger partial charge is 0.456 e. The van der Waals surface area contributed by atoms with Gasteiger partial charge in [-0.05, 0) is 95.5 Å². The predicted octanol–water partition coefficient (Wildman–Crippen LogP) is 14.8. The zero-order chi connectivity index (χ0) is 36.3. The number of furan rings is 1. The molecule has 11 rings (SSSR count). The Morgan fingerprint density at radius 1 is 0.309 bits per heavy atom. The second kappa shape index (κ2) is 12.7. The Kier molecular flexibility index (Phi) is 7.21. The van der Waals surface area contributed by atoms with Crippen LogP contribution in [0.15, 0.2) is 205 Å². The standard InChI is InChI=1S/C53H33NO/c1-2-10-34(11-3-1)35-22-24-39(25-23-35)51-43-14-6-8-16-45(43)52(46-17-9-7-15-44(46)51)48-29-26-41(33-54-48)37-20-18-36(19-21-37)40-28-30-49-47(32-40)53-42-13-5-4-12-38(42)27-31-50(53)55-49/h1-33H. The molecule has 0 atom stereocenters. The van der Waals surface area contributed by atoms with Crippen molar-refractivity contribution in [2.45, 2.75) is 0 Å². The minimum atomic E-state index is 0.908. The van der Waals surface area contributed by atoms with Crippen molar-refractivity contribution in [2.75, 3.05) is 0 Å². The van der Waals surface area contributed by atoms with Crippen LogP contribution >= 0.6 is 0 Å². The lowest BCUT2D eigenvalue weighted by Gasteiger charge is -2.17. The van der Waals surface area contributed by atoms with Crippen LogP contribution in [0.4, 0.5) is 0 Å². The molecule has 2 heteroatoms. The predicted molar refractivity (Wildman–Crippen MR) is 231 cm³/mol. The molecule has 9 aromatic carbocycles. The lowest BCUT2D eigenvalue weighted by molar-refractivity contribution is 0.669. The van der Waals surface area contributed by atoms with E-state index in [1.165, 1.54) is 60.0 Å². The van der Waals surface area contributed by atoms with E-state index < -0.39 is 0 Å². The van der Waals surface area contributed by atoms with Crippen molar-refractivity contribution >= 4 is 54.3 Å². The molecule has 256 valence electrons. The molecular weight excluding hydrogens is 667 g/mol. The molecule has 0 saturated heterocycles. The van der Waals surface area contributed by atoms with Gasteiger partial charge in [-0.25, -0.2) is 0 Å². The number of pyridine rings is 1. The molecule has 0 fully saturated rings. The monoisotopic (exact) mass is 699 g/mol. The Morgan fingerprint density at radius 3 is 1.45 bits per heavy atom. The average Bonchev–Trinajstić information content (AvgIpc) is 3.65. The fourth-order valence-corrected chi connectivity index (χ4v) is 8.47. The first-order valence-electron chi connectivity index (χ1n) is 18.8. The Balaban J connectivity index is 0.949. The maximum Gasteiger partial charge on any atom is 0.136 e. The number of fused-ring (bicyclic) bond motifs is 7. The second-order valence-electron chi connectivity index (χ2n) is 14.3. The van der Waals surface area contributed by atoms with Crippen molar-refractivity contribution in [3.05, 3.63) is 200 Å². The number of aromatic nitrogens is 1. The summed E-state index contributed by atoms with van der Waals surface area (Å²) in [6.07, 6.45) is 2.01. The second-order valence-corrected chi connectivity index (χ2v) is 14.3. The highest BCUT2D eigenvalue weighted by Gasteiger charge is 2.18. The molecule has 0 bridgehead atoms. The van der Waals surface area contributed by atoms with E-state index in [0.717, 1.165) is 50.1 Å². The average molecular weight is 700 g/mol. The van der Waals surface area contributed by atoms with Crippen LogP contribution < -0.4 is 0 Å². The zero-order valence-corrected chi connectivity index (χ0v) is 29.9. The van der Waals surface area contributed by atoms with Crippen LogP contribution in [-0.4, -0.2) is 4.98 Å². The third kappa shape index (κ3) is 5.22. The third-order valence-corrected chi connectivity index (χ3v) is 11.1. The molecule has 0 aliphatic carbocycles. The van der Waals surface area contributed by atoms with Gasteiger partial charge < -0.3 is 4.42 Å². The Hall–Kier alpha value is -7.29. The summed E-state index contributed by atoms with van der Waals surface area (Å²) >= 11 is 0. The van der Waals surface area contributed by atoms with E-state index in [9.17, 15) is 0 Å². The molecule has 2 heterocycles. The molecule has 0 aliphatic rings. The SMILES string of the molecule is c1ccc(-c2ccc(-c3c4ccccc4c(-c4ccc(-c5ccc(-c6ccc7oc8ccc9ccccc9c8c7c6)cc5)cn4)c4ccccc34)cc2)cc1. The van der Waals surface area contributed by atoms with Crippen molar-refractivity contribution < 1.29 is 4.42 Å². The van der Waals surface area contributed by atoms with Crippen molar-refractivity contribution in [1.29, 1.82) is 0 Å². The summed E-state index contributed by atoms with van der Waals surface area (Å²) in [6, 6.07) is 69.5. The summed E-state index contributed by atoms with van der Waals surface area (Å²) in [6.45, 7) is 0. The molecule has 2 nitrogen and oxygen atoms in total. The van der Waals surface area contributed by atoms with Gasteiger partial charge in [0.2, 0.25) is 0 Å². The van der Waals surface area contributed by atoms with E-state index in [4.69, 9.17) is 9.40 Å². The molecule has 0 N–H and O–H groups in total. The van der Waals surface area contributed by atoms with Crippen molar-refractivity contribution in [3.63, 3.8) is 0 Å². The van der Waals surface area contributed by atoms with Gasteiger partial charge in [0.25, 0.3) is 0 Å². The molecule has 0 unspecified atom stereocenters. The van der Waals surface area contributed by atoms with E-state index in [1.807, 2.05) is 6.20 Å². The van der Waals surface area contributed by atoms with Crippen molar-refractivity contribution in [2.24, 2.45) is 0 Å². The summed E-state index contributed by atoms with van der Waals surface area (Å²) in [7, 11) is 0. The summed E-state index contributed by atoms with van der Waals surface area (Å²) < 4.78 is 6.25. The first kappa shape index (κ1) is 31.3. The van der Waals surface area contributed by atoms with Gasteiger partial charge in [-0.1, -0.05) is 170 Å². The Labute approximate surface area is 318 Å². The fraction of sp³-hybridized carbons (Fsp3) is 0. The van der Waals surface area contributed by atoms with E-state index in [1.54, 1.807) is 0 Å². The van der Waals surface area contributed by atoms with Crippen LogP contribution in [0.5, 0.6) is 0 Å². The maximum atomic E-state index is 6.25. The van der Waals surface area contributed by atoms with Crippen LogP contribution in [0.1, 0.15) is 0 Å². The van der Waals surface area contributed by atoms with E-state index in [-0.39, 0.29) is 0 Å². The van der Waals surface area contributed by atoms with Crippen LogP contribution in [0.2, 0.25) is 0 Å². The number of rotatable bonds is 5. The van der Waals surface area contributed by atoms with Gasteiger partial charge in [-0.2, -0.15) is 0 Å². The van der Waals surface area contributed by atoms with Gasteiger partial charge in [0, 0.05) is 28.1 Å². The van der Waals surface area contributed by atoms with Crippen molar-refractivity contribution in [3.8, 4) is 55.8 Å².